The molecule has 1 aromatic carbocycles. The number of fused-ring (bicyclic) bond motifs is 1. The first-order valence-corrected chi connectivity index (χ1v) is 8.01. The average molecular weight is 337 g/mol. The number of pyridine rings is 1. The van der Waals surface area contributed by atoms with Crippen molar-refractivity contribution in [2.24, 2.45) is 0 Å². The lowest BCUT2D eigenvalue weighted by Crippen LogP contribution is -2.28. The van der Waals surface area contributed by atoms with E-state index in [-0.39, 0.29) is 6.03 Å². The summed E-state index contributed by atoms with van der Waals surface area (Å²) >= 11 is 0. The highest BCUT2D eigenvalue weighted by Crippen LogP contribution is 2.16. The van der Waals surface area contributed by atoms with Gasteiger partial charge in [-0.2, -0.15) is 4.98 Å². The smallest absolute Gasteiger partial charge is 0.320 e. The number of amides is 2. The molecule has 0 radical (unpaired) electrons. The van der Waals surface area contributed by atoms with Crippen LogP contribution in [0.1, 0.15) is 18.1 Å². The van der Waals surface area contributed by atoms with E-state index in [1.165, 1.54) is 5.56 Å². The SMILES string of the molecule is CCNC(=O)Nc1ccc2ncc(OCc3ccc(C)cc3)nc2n1. The molecule has 2 amide bonds. The first kappa shape index (κ1) is 16.6. The summed E-state index contributed by atoms with van der Waals surface area (Å²) in [5, 5.41) is 5.29. The van der Waals surface area contributed by atoms with Crippen LogP contribution in [0.5, 0.6) is 5.88 Å². The number of urea groups is 1. The van der Waals surface area contributed by atoms with Crippen LogP contribution in [0.15, 0.2) is 42.6 Å². The Morgan fingerprint density at radius 3 is 2.68 bits per heavy atom. The number of carbonyl (C=O) groups excluding carboxylic acids is 1. The summed E-state index contributed by atoms with van der Waals surface area (Å²) in [4.78, 5) is 24.5. The zero-order valence-corrected chi connectivity index (χ0v) is 14.1. The van der Waals surface area contributed by atoms with Gasteiger partial charge in [-0.1, -0.05) is 29.8 Å². The van der Waals surface area contributed by atoms with Crippen LogP contribution in [0.3, 0.4) is 0 Å². The molecular weight excluding hydrogens is 318 g/mol. The molecule has 25 heavy (non-hydrogen) atoms. The number of ether oxygens (including phenoxy) is 1. The summed E-state index contributed by atoms with van der Waals surface area (Å²) in [7, 11) is 0. The van der Waals surface area contributed by atoms with Gasteiger partial charge in [0.2, 0.25) is 5.88 Å². The summed E-state index contributed by atoms with van der Waals surface area (Å²) in [5.74, 6) is 0.791. The van der Waals surface area contributed by atoms with Crippen molar-refractivity contribution < 1.29 is 9.53 Å². The van der Waals surface area contributed by atoms with Gasteiger partial charge in [-0.25, -0.2) is 14.8 Å². The largest absolute Gasteiger partial charge is 0.472 e. The van der Waals surface area contributed by atoms with Gasteiger partial charge in [0.15, 0.2) is 5.65 Å². The fraction of sp³-hybridized carbons (Fsp3) is 0.222. The topological polar surface area (TPSA) is 89.0 Å². The minimum atomic E-state index is -0.311. The molecule has 2 heterocycles. The van der Waals surface area contributed by atoms with Crippen molar-refractivity contribution in [1.82, 2.24) is 20.3 Å². The molecule has 0 fully saturated rings. The van der Waals surface area contributed by atoms with Gasteiger partial charge in [-0.05, 0) is 31.5 Å². The third kappa shape index (κ3) is 4.41. The average Bonchev–Trinajstić information content (AvgIpc) is 2.61. The number of anilines is 1. The Morgan fingerprint density at radius 2 is 1.92 bits per heavy atom. The van der Waals surface area contributed by atoms with Crippen molar-refractivity contribution in [3.05, 3.63) is 53.7 Å². The first-order valence-electron chi connectivity index (χ1n) is 8.01. The van der Waals surface area contributed by atoms with Gasteiger partial charge in [0.05, 0.1) is 6.20 Å². The number of hydrogen-bond donors (Lipinski definition) is 2. The maximum absolute atomic E-state index is 11.6. The molecule has 0 aliphatic rings. The van der Waals surface area contributed by atoms with Gasteiger partial charge in [-0.3, -0.25) is 5.32 Å². The molecule has 3 aromatic rings. The first-order chi connectivity index (χ1) is 12.1. The Bertz CT molecular complexity index is 880. The molecule has 7 heteroatoms. The minimum Gasteiger partial charge on any atom is -0.472 e. The summed E-state index contributed by atoms with van der Waals surface area (Å²) in [6.07, 6.45) is 1.56. The number of rotatable bonds is 5. The van der Waals surface area contributed by atoms with Crippen molar-refractivity contribution in [3.63, 3.8) is 0 Å². The molecule has 0 bridgehead atoms. The highest BCUT2D eigenvalue weighted by Gasteiger charge is 2.06. The normalized spacial score (nSPS) is 10.5. The number of hydrogen-bond acceptors (Lipinski definition) is 5. The molecule has 2 aromatic heterocycles. The van der Waals surface area contributed by atoms with Gasteiger partial charge < -0.3 is 10.1 Å². The fourth-order valence-electron chi connectivity index (χ4n) is 2.18. The Hall–Kier alpha value is -3.22. The molecule has 2 N–H and O–H groups in total. The van der Waals surface area contributed by atoms with E-state index in [9.17, 15) is 4.79 Å². The number of carbonyl (C=O) groups is 1. The molecule has 0 spiro atoms. The monoisotopic (exact) mass is 337 g/mol. The lowest BCUT2D eigenvalue weighted by atomic mass is 10.2. The summed E-state index contributed by atoms with van der Waals surface area (Å²) < 4.78 is 5.69. The Morgan fingerprint density at radius 1 is 1.12 bits per heavy atom. The predicted molar refractivity (Wildman–Crippen MR) is 95.5 cm³/mol. The Kier molecular flexibility index (Phi) is 5.03. The lowest BCUT2D eigenvalue weighted by molar-refractivity contribution is 0.252. The van der Waals surface area contributed by atoms with Crippen molar-refractivity contribution in [3.8, 4) is 5.88 Å². The quantitative estimate of drug-likeness (QED) is 0.747. The molecule has 0 saturated heterocycles. The van der Waals surface area contributed by atoms with Gasteiger partial charge in [0.1, 0.15) is 17.9 Å². The van der Waals surface area contributed by atoms with Crippen molar-refractivity contribution in [2.75, 3.05) is 11.9 Å². The van der Waals surface area contributed by atoms with Crippen LogP contribution in [0.2, 0.25) is 0 Å². The van der Waals surface area contributed by atoms with Crippen molar-refractivity contribution in [2.45, 2.75) is 20.5 Å². The zero-order valence-electron chi connectivity index (χ0n) is 14.1. The predicted octanol–water partition coefficient (Wildman–Crippen LogP) is 3.05. The molecule has 0 atom stereocenters. The van der Waals surface area contributed by atoms with Crippen LogP contribution in [0.25, 0.3) is 11.2 Å². The summed E-state index contributed by atoms with van der Waals surface area (Å²) in [6.45, 7) is 4.82. The molecule has 3 rings (SSSR count). The van der Waals surface area contributed by atoms with E-state index in [4.69, 9.17) is 4.74 Å². The van der Waals surface area contributed by atoms with E-state index >= 15 is 0 Å². The van der Waals surface area contributed by atoms with Gasteiger partial charge in [0, 0.05) is 6.54 Å². The molecule has 7 nitrogen and oxygen atoms in total. The van der Waals surface area contributed by atoms with E-state index in [0.29, 0.717) is 36.0 Å². The van der Waals surface area contributed by atoms with Crippen LogP contribution < -0.4 is 15.4 Å². The molecule has 0 saturated carbocycles. The molecule has 128 valence electrons. The second-order valence-corrected chi connectivity index (χ2v) is 5.51. The third-order valence-electron chi connectivity index (χ3n) is 3.47. The van der Waals surface area contributed by atoms with Crippen molar-refractivity contribution in [1.29, 1.82) is 0 Å². The van der Waals surface area contributed by atoms with Crippen LogP contribution >= 0.6 is 0 Å². The third-order valence-corrected chi connectivity index (χ3v) is 3.47. The number of nitrogens with one attached hydrogen (secondary N) is 2. The van der Waals surface area contributed by atoms with Crippen LogP contribution in [0, 0.1) is 6.92 Å². The van der Waals surface area contributed by atoms with E-state index in [1.54, 1.807) is 18.3 Å². The number of aromatic nitrogens is 3. The number of nitrogens with zero attached hydrogens (tertiary/aromatic N) is 3. The van der Waals surface area contributed by atoms with Gasteiger partial charge in [-0.15, -0.1) is 0 Å². The Balaban J connectivity index is 1.73. The minimum absolute atomic E-state index is 0.311. The fourth-order valence-corrected chi connectivity index (χ4v) is 2.18. The van der Waals surface area contributed by atoms with E-state index in [2.05, 4.69) is 25.6 Å². The highest BCUT2D eigenvalue weighted by atomic mass is 16.5. The number of aryl methyl sites for hydroxylation is 1. The van der Waals surface area contributed by atoms with Gasteiger partial charge in [0.25, 0.3) is 0 Å². The second kappa shape index (κ2) is 7.57. The molecule has 0 unspecified atom stereocenters. The molecular formula is C18H19N5O2. The highest BCUT2D eigenvalue weighted by molar-refractivity contribution is 5.89. The van der Waals surface area contributed by atoms with Crippen LogP contribution in [0.4, 0.5) is 10.6 Å². The summed E-state index contributed by atoms with van der Waals surface area (Å²) in [6, 6.07) is 11.2. The zero-order chi connectivity index (χ0) is 17.6. The second-order valence-electron chi connectivity index (χ2n) is 5.51. The molecule has 0 aliphatic heterocycles. The maximum atomic E-state index is 11.6. The Labute approximate surface area is 145 Å². The van der Waals surface area contributed by atoms with Crippen molar-refractivity contribution >= 4 is 23.0 Å². The van der Waals surface area contributed by atoms with Crippen LogP contribution in [-0.4, -0.2) is 27.5 Å². The summed E-state index contributed by atoms with van der Waals surface area (Å²) in [5.41, 5.74) is 3.29. The standard InChI is InChI=1S/C18H19N5O2/c1-3-19-18(24)22-15-9-8-14-17(21-15)23-16(10-20-14)25-11-13-6-4-12(2)5-7-13/h4-10H,3,11H2,1-2H3,(H2,19,21,22,23,24). The maximum Gasteiger partial charge on any atom is 0.320 e. The van der Waals surface area contributed by atoms with E-state index < -0.39 is 0 Å². The van der Waals surface area contributed by atoms with Crippen LogP contribution in [-0.2, 0) is 6.61 Å². The van der Waals surface area contributed by atoms with Gasteiger partial charge >= 0.3 is 6.03 Å². The lowest BCUT2D eigenvalue weighted by Gasteiger charge is -2.08. The van der Waals surface area contributed by atoms with E-state index in [1.807, 2.05) is 38.1 Å². The molecule has 0 aliphatic carbocycles. The number of benzene rings is 1. The van der Waals surface area contributed by atoms with E-state index in [0.717, 1.165) is 5.56 Å².